The maximum absolute atomic E-state index is 13.8. The van der Waals surface area contributed by atoms with Gasteiger partial charge in [-0.3, -0.25) is 9.59 Å². The van der Waals surface area contributed by atoms with Crippen molar-refractivity contribution in [1.82, 2.24) is 10.6 Å². The van der Waals surface area contributed by atoms with Crippen LogP contribution in [0.2, 0.25) is 10.0 Å². The lowest BCUT2D eigenvalue weighted by Gasteiger charge is -2.32. The van der Waals surface area contributed by atoms with Crippen LogP contribution in [0, 0.1) is 37.1 Å². The van der Waals surface area contributed by atoms with Gasteiger partial charge >= 0.3 is 31.8 Å². The smallest absolute Gasteiger partial charge is 0.451 e. The zero-order valence-corrected chi connectivity index (χ0v) is 55.0. The highest BCUT2D eigenvalue weighted by atomic mass is 35.5. The molecule has 3 aliphatic carbocycles. The fourth-order valence-corrected chi connectivity index (χ4v) is 10.8. The van der Waals surface area contributed by atoms with Gasteiger partial charge in [0, 0.05) is 32.3 Å². The van der Waals surface area contributed by atoms with E-state index >= 15 is 0 Å². The summed E-state index contributed by atoms with van der Waals surface area (Å²) in [6.45, 7) is 13.3. The van der Waals surface area contributed by atoms with Crippen molar-refractivity contribution in [1.29, 1.82) is 0 Å². The molecule has 1 saturated heterocycles. The Morgan fingerprint density at radius 3 is 1.07 bits per heavy atom. The fraction of sp³-hybridized carbons (Fsp3) is 0.352. The zero-order valence-electron chi connectivity index (χ0n) is 53.5. The second kappa shape index (κ2) is 28.5. The van der Waals surface area contributed by atoms with Crippen molar-refractivity contribution in [2.24, 2.45) is 0 Å². The van der Waals surface area contributed by atoms with E-state index in [0.29, 0.717) is 16.6 Å². The average Bonchev–Trinajstić information content (AvgIpc) is 1.62. The molecule has 98 heavy (non-hydrogen) atoms. The van der Waals surface area contributed by atoms with E-state index in [0.717, 1.165) is 111 Å². The summed E-state index contributed by atoms with van der Waals surface area (Å²) >= 11 is 10.7. The van der Waals surface area contributed by atoms with Crippen molar-refractivity contribution in [2.45, 2.75) is 160 Å². The van der Waals surface area contributed by atoms with Crippen LogP contribution in [0.3, 0.4) is 0 Å². The number of rotatable bonds is 12. The molecule has 27 heteroatoms. The molecule has 1 aliphatic heterocycles. The summed E-state index contributed by atoms with van der Waals surface area (Å²) in [7, 11) is -0.759. The van der Waals surface area contributed by atoms with Crippen molar-refractivity contribution in [3.05, 3.63) is 227 Å². The van der Waals surface area contributed by atoms with Gasteiger partial charge in [-0.2, -0.15) is 52.7 Å². The standard InChI is InChI=1S/2C24H20F5NO2.C16H20BF3O2.C7H3Cl2F3/c2*1-12-19(25)10-15(11-20(12)26)13(2)30-23(31)22-6-5-21(32-22)17-7-16(14-3-4-14)8-18(9-17)24(27,28)29;1-14(2)15(3,4)22-17(21-14)13-8-11(10-5-6-10)7-12(9-13)16(18,19)20;8-5-1-4(7(10,11)12)2-6(9)3-5/h2*5-11,13-14H,3-4H2,1-2H3,(H,30,31);7-10H,5-6H2,1-4H3;1-3H/t2*13-;;/m11../s1. The third-order valence-corrected chi connectivity index (χ3v) is 17.7. The summed E-state index contributed by atoms with van der Waals surface area (Å²) < 4.78 is 233. The summed E-state index contributed by atoms with van der Waals surface area (Å²) in [5.74, 6) is -3.75. The zero-order chi connectivity index (χ0) is 72.1. The van der Waals surface area contributed by atoms with Gasteiger partial charge in [-0.05, 0) is 254 Å². The van der Waals surface area contributed by atoms with E-state index in [-0.39, 0.29) is 84.2 Å². The Kier molecular flexibility index (Phi) is 21.6. The molecule has 4 aliphatic rings. The van der Waals surface area contributed by atoms with E-state index in [1.54, 1.807) is 32.0 Å². The van der Waals surface area contributed by atoms with Crippen molar-refractivity contribution < 1.29 is 98.0 Å². The lowest BCUT2D eigenvalue weighted by Crippen LogP contribution is -2.41. The Bertz CT molecular complexity index is 3990. The Labute approximate surface area is 563 Å². The van der Waals surface area contributed by atoms with Gasteiger partial charge in [0.15, 0.2) is 11.5 Å². The van der Waals surface area contributed by atoms with Crippen LogP contribution in [0.15, 0.2) is 130 Å². The highest BCUT2D eigenvalue weighted by Crippen LogP contribution is 2.47. The summed E-state index contributed by atoms with van der Waals surface area (Å²) in [6, 6.07) is 23.3. The first-order valence-corrected chi connectivity index (χ1v) is 31.5. The molecule has 0 spiro atoms. The average molecular weight is 1430 g/mol. The Morgan fingerprint density at radius 1 is 0.449 bits per heavy atom. The van der Waals surface area contributed by atoms with Crippen molar-refractivity contribution in [3.63, 3.8) is 0 Å². The molecule has 2 atom stereocenters. The normalized spacial score (nSPS) is 16.6. The molecule has 0 bridgehead atoms. The van der Waals surface area contributed by atoms with Gasteiger partial charge in [0.25, 0.3) is 11.8 Å². The maximum Gasteiger partial charge on any atom is 0.494 e. The Balaban J connectivity index is 0.000000161. The molecule has 3 saturated carbocycles. The van der Waals surface area contributed by atoms with Crippen LogP contribution in [0.5, 0.6) is 0 Å². The first-order chi connectivity index (χ1) is 45.4. The minimum Gasteiger partial charge on any atom is -0.451 e. The van der Waals surface area contributed by atoms with E-state index < -0.39 is 112 Å². The highest BCUT2D eigenvalue weighted by molar-refractivity contribution is 6.62. The summed E-state index contributed by atoms with van der Waals surface area (Å²) in [4.78, 5) is 25.1. The van der Waals surface area contributed by atoms with Crippen LogP contribution in [0.4, 0.5) is 70.2 Å². The number of hydrogen-bond acceptors (Lipinski definition) is 6. The number of benzene rings is 6. The van der Waals surface area contributed by atoms with Crippen LogP contribution in [-0.4, -0.2) is 30.1 Å². The molecule has 8 aromatic rings. The molecule has 2 aromatic heterocycles. The maximum atomic E-state index is 13.8. The van der Waals surface area contributed by atoms with Crippen LogP contribution in [0.25, 0.3) is 22.6 Å². The molecule has 12 rings (SSSR count). The molecule has 2 amide bonds. The molecule has 0 radical (unpaired) electrons. The second-order valence-corrected chi connectivity index (χ2v) is 26.4. The quantitative estimate of drug-likeness (QED) is 0.0933. The number of carbonyl (C=O) groups is 2. The first-order valence-electron chi connectivity index (χ1n) is 30.7. The molecule has 3 heterocycles. The third-order valence-electron chi connectivity index (χ3n) is 17.3. The molecule has 6 aromatic carbocycles. The highest BCUT2D eigenvalue weighted by Gasteiger charge is 2.52. The monoisotopic (exact) mass is 1420 g/mol. The largest absolute Gasteiger partial charge is 0.494 e. The van der Waals surface area contributed by atoms with E-state index in [1.807, 2.05) is 27.7 Å². The molecule has 522 valence electrons. The van der Waals surface area contributed by atoms with Crippen molar-refractivity contribution >= 4 is 47.6 Å². The van der Waals surface area contributed by atoms with Crippen LogP contribution < -0.4 is 16.1 Å². The number of carbonyl (C=O) groups excluding carboxylic acids is 2. The van der Waals surface area contributed by atoms with Crippen LogP contribution >= 0.6 is 23.2 Å². The fourth-order valence-electron chi connectivity index (χ4n) is 10.3. The lowest BCUT2D eigenvalue weighted by atomic mass is 9.77. The van der Waals surface area contributed by atoms with E-state index in [2.05, 4.69) is 10.6 Å². The van der Waals surface area contributed by atoms with E-state index in [4.69, 9.17) is 41.3 Å². The Hall–Kier alpha value is -7.74. The minimum absolute atomic E-state index is 0.0187. The van der Waals surface area contributed by atoms with Gasteiger partial charge < -0.3 is 28.8 Å². The van der Waals surface area contributed by atoms with E-state index in [1.165, 1.54) is 50.2 Å². The van der Waals surface area contributed by atoms with Gasteiger partial charge in [0.1, 0.15) is 34.8 Å². The predicted molar refractivity (Wildman–Crippen MR) is 337 cm³/mol. The molecule has 0 unspecified atom stereocenters. The van der Waals surface area contributed by atoms with Gasteiger partial charge in [0.05, 0.1) is 45.5 Å². The minimum atomic E-state index is -4.50. The van der Waals surface area contributed by atoms with E-state index in [9.17, 15) is 79.8 Å². The van der Waals surface area contributed by atoms with Gasteiger partial charge in [-0.1, -0.05) is 35.3 Å². The number of hydrogen-bond donors (Lipinski definition) is 2. The molecule has 2 N–H and O–H groups in total. The number of amides is 2. The second-order valence-electron chi connectivity index (χ2n) is 25.6. The topological polar surface area (TPSA) is 103 Å². The van der Waals surface area contributed by atoms with Crippen molar-refractivity contribution in [2.75, 3.05) is 0 Å². The summed E-state index contributed by atoms with van der Waals surface area (Å²) in [5, 5.41) is 5.12. The lowest BCUT2D eigenvalue weighted by molar-refractivity contribution is -0.138. The number of alkyl halides is 12. The van der Waals surface area contributed by atoms with Crippen LogP contribution in [0.1, 0.15) is 192 Å². The summed E-state index contributed by atoms with van der Waals surface area (Å²) in [6.07, 6.45) is -12.5. The number of furan rings is 2. The molecule has 4 fully saturated rings. The Morgan fingerprint density at radius 2 is 0.755 bits per heavy atom. The SMILES string of the molecule is CC1(C)OB(c2cc(C3CC3)cc(C(F)(F)F)c2)OC1(C)C.Cc1c(F)cc([C@@H](C)NC(=O)c2ccc(-c3cc(C4CC4)cc(C(F)(F)F)c3)o2)cc1F.Cc1c(F)cc([C@@H](C)NC(=O)c2ccc(-c3cc(C4CC4)cc(C(F)(F)F)c3)o2)cc1F.FC(F)(F)c1cc(Cl)cc(Cl)c1. The third kappa shape index (κ3) is 18.6. The van der Waals surface area contributed by atoms with Gasteiger partial charge in [-0.25, -0.2) is 17.6 Å². The number of nitrogens with one attached hydrogen (secondary N) is 2. The van der Waals surface area contributed by atoms with Crippen LogP contribution in [-0.2, 0) is 34.0 Å². The first kappa shape index (κ1) is 74.5. The number of halogens is 18. The molecule has 8 nitrogen and oxygen atoms in total. The molecular weight excluding hydrogens is 1360 g/mol. The molecular formula is C71H63BCl2F16N2O6. The summed E-state index contributed by atoms with van der Waals surface area (Å²) in [5.41, 5.74) is -1.04. The van der Waals surface area contributed by atoms with Crippen molar-refractivity contribution in [3.8, 4) is 22.6 Å². The van der Waals surface area contributed by atoms with Gasteiger partial charge in [0.2, 0.25) is 0 Å². The van der Waals surface area contributed by atoms with Gasteiger partial charge in [-0.15, -0.1) is 0 Å². The predicted octanol–water partition coefficient (Wildman–Crippen LogP) is 21.7.